The maximum Gasteiger partial charge on any atom is 0.251 e. The van der Waals surface area contributed by atoms with E-state index in [9.17, 15) is 4.79 Å². The van der Waals surface area contributed by atoms with E-state index in [0.717, 1.165) is 29.7 Å². The van der Waals surface area contributed by atoms with Gasteiger partial charge in [0.1, 0.15) is 18.1 Å². The molecule has 3 aromatic rings. The Morgan fingerprint density at radius 2 is 1.81 bits per heavy atom. The number of aryl methyl sites for hydroxylation is 2. The lowest BCUT2D eigenvalue weighted by Crippen LogP contribution is -2.33. The molecule has 0 radical (unpaired) electrons. The van der Waals surface area contributed by atoms with Gasteiger partial charge in [-0.25, -0.2) is 0 Å². The van der Waals surface area contributed by atoms with Gasteiger partial charge in [-0.1, -0.05) is 41.9 Å². The van der Waals surface area contributed by atoms with Gasteiger partial charge >= 0.3 is 0 Å². The molecular formula is C27H30ClNO3. The Balaban J connectivity index is 1.65. The van der Waals surface area contributed by atoms with Crippen molar-refractivity contribution in [2.75, 3.05) is 6.61 Å². The van der Waals surface area contributed by atoms with E-state index < -0.39 is 0 Å². The summed E-state index contributed by atoms with van der Waals surface area (Å²) in [7, 11) is 0. The van der Waals surface area contributed by atoms with Gasteiger partial charge < -0.3 is 14.8 Å². The van der Waals surface area contributed by atoms with Gasteiger partial charge in [-0.2, -0.15) is 0 Å². The average molecular weight is 452 g/mol. The summed E-state index contributed by atoms with van der Waals surface area (Å²) in [6, 6.07) is 21.4. The van der Waals surface area contributed by atoms with E-state index in [4.69, 9.17) is 21.1 Å². The molecule has 0 aromatic heterocycles. The monoisotopic (exact) mass is 451 g/mol. The van der Waals surface area contributed by atoms with E-state index in [-0.39, 0.29) is 11.9 Å². The molecule has 0 saturated carbocycles. The first-order chi connectivity index (χ1) is 15.5. The fourth-order valence-corrected chi connectivity index (χ4v) is 3.52. The zero-order chi connectivity index (χ0) is 22.9. The van der Waals surface area contributed by atoms with Crippen LogP contribution in [0.15, 0.2) is 66.7 Å². The van der Waals surface area contributed by atoms with Crippen LogP contribution in [0.4, 0.5) is 0 Å². The van der Waals surface area contributed by atoms with Gasteiger partial charge in [0.25, 0.3) is 5.91 Å². The Bertz CT molecular complexity index is 1040. The molecule has 0 bridgehead atoms. The molecule has 3 aromatic carbocycles. The summed E-state index contributed by atoms with van der Waals surface area (Å²) in [5.74, 6) is 1.34. The Labute approximate surface area is 195 Å². The van der Waals surface area contributed by atoms with Crippen molar-refractivity contribution in [1.29, 1.82) is 0 Å². The Morgan fingerprint density at radius 3 is 2.53 bits per heavy atom. The van der Waals surface area contributed by atoms with Crippen LogP contribution in [0.1, 0.15) is 47.3 Å². The molecule has 0 aliphatic rings. The fourth-order valence-electron chi connectivity index (χ4n) is 3.40. The zero-order valence-corrected chi connectivity index (χ0v) is 19.6. The first-order valence-electron chi connectivity index (χ1n) is 11.0. The maximum absolute atomic E-state index is 12.8. The van der Waals surface area contributed by atoms with Crippen LogP contribution in [0.25, 0.3) is 0 Å². The predicted octanol–water partition coefficient (Wildman–Crippen LogP) is 6.38. The molecular weight excluding hydrogens is 422 g/mol. The third-order valence-electron chi connectivity index (χ3n) is 5.23. The smallest absolute Gasteiger partial charge is 0.251 e. The second-order valence-electron chi connectivity index (χ2n) is 7.85. The highest BCUT2D eigenvalue weighted by molar-refractivity contribution is 6.31. The number of halogens is 1. The highest BCUT2D eigenvalue weighted by Gasteiger charge is 2.14. The lowest BCUT2D eigenvalue weighted by atomic mass is 10.1. The molecule has 0 aliphatic heterocycles. The maximum atomic E-state index is 12.8. The Hall–Kier alpha value is -2.98. The normalized spacial score (nSPS) is 11.6. The van der Waals surface area contributed by atoms with Crippen molar-refractivity contribution in [3.05, 3.63) is 94.0 Å². The average Bonchev–Trinajstić information content (AvgIpc) is 2.80. The Morgan fingerprint density at radius 1 is 1.03 bits per heavy atom. The zero-order valence-electron chi connectivity index (χ0n) is 18.9. The molecule has 1 amide bonds. The van der Waals surface area contributed by atoms with E-state index in [1.165, 1.54) is 5.56 Å². The second-order valence-corrected chi connectivity index (χ2v) is 8.26. The highest BCUT2D eigenvalue weighted by atomic mass is 35.5. The molecule has 5 heteroatoms. The topological polar surface area (TPSA) is 47.6 Å². The summed E-state index contributed by atoms with van der Waals surface area (Å²) in [6.45, 7) is 6.73. The first-order valence-corrected chi connectivity index (χ1v) is 11.3. The molecule has 4 nitrogen and oxygen atoms in total. The van der Waals surface area contributed by atoms with Crippen LogP contribution in [-0.2, 0) is 13.0 Å². The molecule has 3 rings (SSSR count). The summed E-state index contributed by atoms with van der Waals surface area (Å²) in [5, 5.41) is 3.80. The molecule has 1 atom stereocenters. The third-order valence-corrected chi connectivity index (χ3v) is 5.66. The van der Waals surface area contributed by atoms with Crippen molar-refractivity contribution in [2.24, 2.45) is 0 Å². The molecule has 168 valence electrons. The molecule has 0 spiro atoms. The van der Waals surface area contributed by atoms with E-state index in [1.54, 1.807) is 6.07 Å². The fraction of sp³-hybridized carbons (Fsp3) is 0.296. The number of carbonyl (C=O) groups is 1. The SMILES string of the molecule is CCOc1ccc(C(=O)N[C@@H](C)CCc2ccccc2)cc1COc1ccc(Cl)c(C)c1. The summed E-state index contributed by atoms with van der Waals surface area (Å²) < 4.78 is 11.7. The van der Waals surface area contributed by atoms with E-state index >= 15 is 0 Å². The molecule has 1 N–H and O–H groups in total. The highest BCUT2D eigenvalue weighted by Crippen LogP contribution is 2.25. The first kappa shape index (κ1) is 23.7. The summed E-state index contributed by atoms with van der Waals surface area (Å²) in [4.78, 5) is 12.8. The van der Waals surface area contributed by atoms with E-state index in [1.807, 2.05) is 69.3 Å². The van der Waals surface area contributed by atoms with Gasteiger partial charge in [0.2, 0.25) is 0 Å². The van der Waals surface area contributed by atoms with Crippen LogP contribution >= 0.6 is 11.6 Å². The van der Waals surface area contributed by atoms with Gasteiger partial charge in [-0.05, 0) is 81.1 Å². The van der Waals surface area contributed by atoms with Crippen molar-refractivity contribution >= 4 is 17.5 Å². The standard InChI is InChI=1S/C27H30ClNO3/c1-4-31-26-15-12-22(17-23(26)18-32-24-13-14-25(28)19(2)16-24)27(30)29-20(3)10-11-21-8-6-5-7-9-21/h5-9,12-17,20H,4,10-11,18H2,1-3H3,(H,29,30)/t20-/m0/s1. The van der Waals surface area contributed by atoms with E-state index in [0.29, 0.717) is 29.5 Å². The third kappa shape index (κ3) is 6.76. The van der Waals surface area contributed by atoms with Gasteiger partial charge in [-0.15, -0.1) is 0 Å². The molecule has 0 unspecified atom stereocenters. The number of nitrogens with one attached hydrogen (secondary N) is 1. The Kier molecular flexibility index (Phi) is 8.57. The number of hydrogen-bond acceptors (Lipinski definition) is 3. The van der Waals surface area contributed by atoms with E-state index in [2.05, 4.69) is 17.4 Å². The van der Waals surface area contributed by atoms with Crippen LogP contribution < -0.4 is 14.8 Å². The van der Waals surface area contributed by atoms with Gasteiger partial charge in [0, 0.05) is 22.2 Å². The quantitative estimate of drug-likeness (QED) is 0.389. The number of carbonyl (C=O) groups excluding carboxylic acids is 1. The number of rotatable bonds is 10. The summed E-state index contributed by atoms with van der Waals surface area (Å²) in [6.07, 6.45) is 1.80. The second kappa shape index (κ2) is 11.6. The summed E-state index contributed by atoms with van der Waals surface area (Å²) in [5.41, 5.74) is 3.63. The minimum atomic E-state index is -0.0998. The van der Waals surface area contributed by atoms with Crippen molar-refractivity contribution in [2.45, 2.75) is 46.3 Å². The van der Waals surface area contributed by atoms with Gasteiger partial charge in [0.05, 0.1) is 6.61 Å². The van der Waals surface area contributed by atoms with Crippen LogP contribution in [0.2, 0.25) is 5.02 Å². The minimum Gasteiger partial charge on any atom is -0.493 e. The largest absolute Gasteiger partial charge is 0.493 e. The number of hydrogen-bond donors (Lipinski definition) is 1. The lowest BCUT2D eigenvalue weighted by molar-refractivity contribution is 0.0938. The molecule has 0 heterocycles. The predicted molar refractivity (Wildman–Crippen MR) is 130 cm³/mol. The molecule has 0 fully saturated rings. The molecule has 0 saturated heterocycles. The van der Waals surface area contributed by atoms with Crippen LogP contribution in [0, 0.1) is 6.92 Å². The van der Waals surface area contributed by atoms with Crippen molar-refractivity contribution in [1.82, 2.24) is 5.32 Å². The van der Waals surface area contributed by atoms with Gasteiger partial charge in [0.15, 0.2) is 0 Å². The number of amides is 1. The minimum absolute atomic E-state index is 0.0611. The molecule has 32 heavy (non-hydrogen) atoms. The van der Waals surface area contributed by atoms with Crippen LogP contribution in [0.3, 0.4) is 0 Å². The van der Waals surface area contributed by atoms with Crippen LogP contribution in [0.5, 0.6) is 11.5 Å². The van der Waals surface area contributed by atoms with Crippen molar-refractivity contribution in [3.63, 3.8) is 0 Å². The van der Waals surface area contributed by atoms with Crippen molar-refractivity contribution in [3.8, 4) is 11.5 Å². The van der Waals surface area contributed by atoms with Crippen LogP contribution in [-0.4, -0.2) is 18.6 Å². The number of benzene rings is 3. The lowest BCUT2D eigenvalue weighted by Gasteiger charge is -2.16. The molecule has 0 aliphatic carbocycles. The number of ether oxygens (including phenoxy) is 2. The van der Waals surface area contributed by atoms with Gasteiger partial charge in [-0.3, -0.25) is 4.79 Å². The van der Waals surface area contributed by atoms with Crippen molar-refractivity contribution < 1.29 is 14.3 Å². The summed E-state index contributed by atoms with van der Waals surface area (Å²) >= 11 is 6.10.